The zero-order valence-corrected chi connectivity index (χ0v) is 5.12. The van der Waals surface area contributed by atoms with Crippen LogP contribution in [0.25, 0.3) is 0 Å². The fourth-order valence-electron chi connectivity index (χ4n) is 0. The SMILES string of the molecule is CCC(F)(F)F.[Ag]. The van der Waals surface area contributed by atoms with E-state index in [9.17, 15) is 13.2 Å². The van der Waals surface area contributed by atoms with Gasteiger partial charge in [0.15, 0.2) is 0 Å². The maximum absolute atomic E-state index is 10.8. The maximum Gasteiger partial charge on any atom is 0.388 e. The molecule has 0 spiro atoms. The molecule has 0 saturated carbocycles. The first-order chi connectivity index (χ1) is 2.56. The van der Waals surface area contributed by atoms with Gasteiger partial charge in [0.2, 0.25) is 0 Å². The van der Waals surface area contributed by atoms with E-state index >= 15 is 0 Å². The third kappa shape index (κ3) is 10.8. The molecular formula is C3H5AgF3. The summed E-state index contributed by atoms with van der Waals surface area (Å²) < 4.78 is 32.4. The molecule has 0 aromatic rings. The van der Waals surface area contributed by atoms with E-state index in [0.29, 0.717) is 0 Å². The van der Waals surface area contributed by atoms with Gasteiger partial charge in [-0.3, -0.25) is 0 Å². The molecular weight excluding hydrogens is 201 g/mol. The smallest absolute Gasteiger partial charge is 0.171 e. The van der Waals surface area contributed by atoms with Crippen molar-refractivity contribution in [2.45, 2.75) is 19.5 Å². The van der Waals surface area contributed by atoms with E-state index in [2.05, 4.69) is 0 Å². The largest absolute Gasteiger partial charge is 0.388 e. The molecule has 0 atom stereocenters. The van der Waals surface area contributed by atoms with Crippen LogP contribution < -0.4 is 0 Å². The van der Waals surface area contributed by atoms with E-state index in [1.54, 1.807) is 0 Å². The predicted octanol–water partition coefficient (Wildman–Crippen LogP) is 1.96. The zero-order valence-electron chi connectivity index (χ0n) is 3.64. The van der Waals surface area contributed by atoms with Gasteiger partial charge in [-0.15, -0.1) is 0 Å². The minimum Gasteiger partial charge on any atom is -0.171 e. The van der Waals surface area contributed by atoms with Gasteiger partial charge in [-0.1, -0.05) is 6.92 Å². The summed E-state index contributed by atoms with van der Waals surface area (Å²) in [5, 5.41) is 0. The van der Waals surface area contributed by atoms with E-state index < -0.39 is 12.6 Å². The van der Waals surface area contributed by atoms with Crippen molar-refractivity contribution in [2.24, 2.45) is 0 Å². The molecule has 0 N–H and O–H groups in total. The quantitative estimate of drug-likeness (QED) is 0.531. The van der Waals surface area contributed by atoms with Crippen molar-refractivity contribution in [3.8, 4) is 0 Å². The number of halogens is 3. The van der Waals surface area contributed by atoms with Crippen LogP contribution in [0.4, 0.5) is 13.2 Å². The Balaban J connectivity index is 0. The molecule has 0 aliphatic heterocycles. The second-order valence-electron chi connectivity index (χ2n) is 0.969. The van der Waals surface area contributed by atoms with E-state index in [1.165, 1.54) is 0 Å². The van der Waals surface area contributed by atoms with Gasteiger partial charge < -0.3 is 0 Å². The van der Waals surface area contributed by atoms with Gasteiger partial charge in [-0.2, -0.15) is 13.2 Å². The first-order valence-corrected chi connectivity index (χ1v) is 1.63. The van der Waals surface area contributed by atoms with E-state index in [-0.39, 0.29) is 22.4 Å². The summed E-state index contributed by atoms with van der Waals surface area (Å²) in [6, 6.07) is 0. The molecule has 0 rings (SSSR count). The minimum atomic E-state index is -3.96. The molecule has 0 aliphatic carbocycles. The normalized spacial score (nSPS) is 10.3. The molecule has 0 fully saturated rings. The van der Waals surface area contributed by atoms with Crippen molar-refractivity contribution >= 4 is 0 Å². The monoisotopic (exact) mass is 205 g/mol. The maximum atomic E-state index is 10.8. The third-order valence-electron chi connectivity index (χ3n) is 0.401. The Morgan fingerprint density at radius 3 is 1.43 bits per heavy atom. The van der Waals surface area contributed by atoms with Crippen molar-refractivity contribution in [3.05, 3.63) is 0 Å². The fraction of sp³-hybridized carbons (Fsp3) is 1.00. The molecule has 7 heavy (non-hydrogen) atoms. The van der Waals surface area contributed by atoms with Gasteiger partial charge in [0.05, 0.1) is 0 Å². The first-order valence-electron chi connectivity index (χ1n) is 1.63. The van der Waals surface area contributed by atoms with Crippen LogP contribution in [0.15, 0.2) is 0 Å². The molecule has 0 saturated heterocycles. The van der Waals surface area contributed by atoms with Crippen molar-refractivity contribution < 1.29 is 35.6 Å². The number of rotatable bonds is 0. The van der Waals surface area contributed by atoms with Crippen LogP contribution in [0, 0.1) is 0 Å². The van der Waals surface area contributed by atoms with Crippen LogP contribution in [-0.4, -0.2) is 6.18 Å². The van der Waals surface area contributed by atoms with Crippen LogP contribution in [0.3, 0.4) is 0 Å². The first kappa shape index (κ1) is 10.5. The molecule has 0 nitrogen and oxygen atoms in total. The average molecular weight is 206 g/mol. The summed E-state index contributed by atoms with van der Waals surface area (Å²) in [6.45, 7) is 1.08. The van der Waals surface area contributed by atoms with Crippen LogP contribution >= 0.6 is 0 Å². The Bertz CT molecular complexity index is 39.9. The molecule has 0 aliphatic rings. The number of alkyl halides is 3. The second-order valence-corrected chi connectivity index (χ2v) is 0.969. The molecule has 0 aromatic heterocycles. The van der Waals surface area contributed by atoms with Gasteiger partial charge in [0.1, 0.15) is 0 Å². The van der Waals surface area contributed by atoms with Crippen LogP contribution in [-0.2, 0) is 22.4 Å². The standard InChI is InChI=1S/C3H5F3.Ag/c1-2-3(4,5)6;/h2H2,1H3;. The molecule has 4 heteroatoms. The van der Waals surface area contributed by atoms with Crippen molar-refractivity contribution in [3.63, 3.8) is 0 Å². The van der Waals surface area contributed by atoms with Crippen LogP contribution in [0.5, 0.6) is 0 Å². The Morgan fingerprint density at radius 2 is 1.43 bits per heavy atom. The fourth-order valence-corrected chi connectivity index (χ4v) is 0. The van der Waals surface area contributed by atoms with Gasteiger partial charge in [0, 0.05) is 28.8 Å². The Hall–Kier alpha value is 0.530. The summed E-state index contributed by atoms with van der Waals surface area (Å²) >= 11 is 0. The summed E-state index contributed by atoms with van der Waals surface area (Å²) in [4.78, 5) is 0. The number of hydrogen-bond donors (Lipinski definition) is 0. The van der Waals surface area contributed by atoms with E-state index in [4.69, 9.17) is 0 Å². The molecule has 1 radical (unpaired) electrons. The average Bonchev–Trinajstić information content (AvgIpc) is 1.35. The Kier molecular flexibility index (Phi) is 5.28. The summed E-state index contributed by atoms with van der Waals surface area (Å²) in [5.74, 6) is 0. The summed E-state index contributed by atoms with van der Waals surface area (Å²) in [7, 11) is 0. The zero-order chi connectivity index (χ0) is 5.21. The van der Waals surface area contributed by atoms with Gasteiger partial charge in [-0.25, -0.2) is 0 Å². The van der Waals surface area contributed by atoms with Gasteiger partial charge in [0.25, 0.3) is 0 Å². The summed E-state index contributed by atoms with van der Waals surface area (Å²) in [6.07, 6.45) is -4.69. The molecule has 0 bridgehead atoms. The Labute approximate surface area is 55.6 Å². The van der Waals surface area contributed by atoms with E-state index in [1.807, 2.05) is 0 Å². The van der Waals surface area contributed by atoms with Gasteiger partial charge in [-0.05, 0) is 0 Å². The molecule has 0 heterocycles. The van der Waals surface area contributed by atoms with Gasteiger partial charge >= 0.3 is 6.18 Å². The Morgan fingerprint density at radius 1 is 1.29 bits per heavy atom. The van der Waals surface area contributed by atoms with Crippen LogP contribution in [0.2, 0.25) is 0 Å². The van der Waals surface area contributed by atoms with Crippen molar-refractivity contribution in [1.82, 2.24) is 0 Å². The summed E-state index contributed by atoms with van der Waals surface area (Å²) in [5.41, 5.74) is 0. The molecule has 0 unspecified atom stereocenters. The minimum absolute atomic E-state index is 0. The van der Waals surface area contributed by atoms with Crippen molar-refractivity contribution in [2.75, 3.05) is 0 Å². The van der Waals surface area contributed by atoms with Crippen molar-refractivity contribution in [1.29, 1.82) is 0 Å². The second kappa shape index (κ2) is 3.52. The van der Waals surface area contributed by atoms with E-state index in [0.717, 1.165) is 6.92 Å². The third-order valence-corrected chi connectivity index (χ3v) is 0.401. The molecule has 0 aromatic carbocycles. The molecule has 0 amide bonds. The topological polar surface area (TPSA) is 0 Å². The molecule has 49 valence electrons. The van der Waals surface area contributed by atoms with Crippen LogP contribution in [0.1, 0.15) is 13.3 Å². The number of hydrogen-bond acceptors (Lipinski definition) is 0. The predicted molar refractivity (Wildman–Crippen MR) is 16.3 cm³/mol.